The van der Waals surface area contributed by atoms with Crippen molar-refractivity contribution >= 4 is 11.9 Å². The number of nitrogens with two attached hydrogens (primary N) is 1. The van der Waals surface area contributed by atoms with E-state index in [-0.39, 0.29) is 30.6 Å². The van der Waals surface area contributed by atoms with Crippen LogP contribution in [0.1, 0.15) is 45.4 Å². The first-order valence-corrected chi connectivity index (χ1v) is 8.16. The van der Waals surface area contributed by atoms with Crippen molar-refractivity contribution in [3.8, 4) is 0 Å². The molecule has 1 saturated heterocycles. The molecular formula is C15H28N4O2. The number of urea groups is 1. The second-order valence-corrected chi connectivity index (χ2v) is 6.36. The summed E-state index contributed by atoms with van der Waals surface area (Å²) >= 11 is 0. The molecule has 2 atom stereocenters. The van der Waals surface area contributed by atoms with Crippen LogP contribution in [0.5, 0.6) is 0 Å². The Labute approximate surface area is 126 Å². The highest BCUT2D eigenvalue weighted by Gasteiger charge is 2.26. The van der Waals surface area contributed by atoms with Crippen molar-refractivity contribution in [2.75, 3.05) is 19.6 Å². The molecule has 0 aromatic rings. The fourth-order valence-corrected chi connectivity index (χ4v) is 3.36. The van der Waals surface area contributed by atoms with Gasteiger partial charge < -0.3 is 11.1 Å². The Morgan fingerprint density at radius 3 is 2.62 bits per heavy atom. The first kappa shape index (κ1) is 16.2. The monoisotopic (exact) mass is 296 g/mol. The molecule has 4 N–H and O–H groups in total. The molecule has 2 fully saturated rings. The lowest BCUT2D eigenvalue weighted by atomic mass is 9.91. The summed E-state index contributed by atoms with van der Waals surface area (Å²) in [7, 11) is 0. The summed E-state index contributed by atoms with van der Waals surface area (Å²) in [4.78, 5) is 25.8. The first-order chi connectivity index (χ1) is 10.1. The summed E-state index contributed by atoms with van der Waals surface area (Å²) < 4.78 is 0. The molecule has 0 aromatic heterocycles. The topological polar surface area (TPSA) is 87.5 Å². The lowest BCUT2D eigenvalue weighted by Gasteiger charge is -2.36. The molecule has 120 valence electrons. The minimum absolute atomic E-state index is 0.226. The van der Waals surface area contributed by atoms with Crippen molar-refractivity contribution in [2.45, 2.75) is 57.5 Å². The van der Waals surface area contributed by atoms with Gasteiger partial charge in [0.05, 0.1) is 6.54 Å². The summed E-state index contributed by atoms with van der Waals surface area (Å²) in [5, 5.41) is 5.30. The summed E-state index contributed by atoms with van der Waals surface area (Å²) in [6.07, 6.45) is 6.30. The van der Waals surface area contributed by atoms with Crippen molar-refractivity contribution < 1.29 is 9.59 Å². The zero-order valence-corrected chi connectivity index (χ0v) is 12.9. The fourth-order valence-electron chi connectivity index (χ4n) is 3.36. The number of hydrogen-bond donors (Lipinski definition) is 3. The molecule has 0 radical (unpaired) electrons. The van der Waals surface area contributed by atoms with Gasteiger partial charge in [-0.05, 0) is 25.2 Å². The first-order valence-electron chi connectivity index (χ1n) is 8.16. The van der Waals surface area contributed by atoms with Gasteiger partial charge in [-0.2, -0.15) is 0 Å². The fraction of sp³-hybridized carbons (Fsp3) is 0.867. The Bertz CT molecular complexity index is 369. The molecule has 1 heterocycles. The van der Waals surface area contributed by atoms with Gasteiger partial charge in [-0.1, -0.05) is 26.2 Å². The highest BCUT2D eigenvalue weighted by atomic mass is 16.2. The number of likely N-dealkylation sites (tertiary alicyclic amines) is 1. The predicted octanol–water partition coefficient (Wildman–Crippen LogP) is 0.814. The van der Waals surface area contributed by atoms with Crippen molar-refractivity contribution in [3.05, 3.63) is 0 Å². The number of imide groups is 1. The van der Waals surface area contributed by atoms with Gasteiger partial charge in [-0.3, -0.25) is 15.0 Å². The number of nitrogens with zero attached hydrogens (tertiary/aromatic N) is 1. The van der Waals surface area contributed by atoms with E-state index in [4.69, 9.17) is 5.73 Å². The molecule has 2 rings (SSSR count). The van der Waals surface area contributed by atoms with Crippen LogP contribution in [0.2, 0.25) is 0 Å². The van der Waals surface area contributed by atoms with Gasteiger partial charge in [0.15, 0.2) is 0 Å². The van der Waals surface area contributed by atoms with Crippen LogP contribution in [0, 0.1) is 5.92 Å². The minimum Gasteiger partial charge on any atom is -0.335 e. The van der Waals surface area contributed by atoms with Gasteiger partial charge in [0.25, 0.3) is 0 Å². The van der Waals surface area contributed by atoms with E-state index in [0.717, 1.165) is 51.6 Å². The van der Waals surface area contributed by atoms with E-state index >= 15 is 0 Å². The lowest BCUT2D eigenvalue weighted by molar-refractivity contribution is -0.121. The number of nitrogens with one attached hydrogen (secondary N) is 2. The molecule has 21 heavy (non-hydrogen) atoms. The quantitative estimate of drug-likeness (QED) is 0.716. The highest BCUT2D eigenvalue weighted by molar-refractivity contribution is 5.95. The van der Waals surface area contributed by atoms with E-state index < -0.39 is 0 Å². The van der Waals surface area contributed by atoms with E-state index in [2.05, 4.69) is 22.5 Å². The molecule has 0 spiro atoms. The smallest absolute Gasteiger partial charge is 0.321 e. The number of carbonyl (C=O) groups excluding carboxylic acids is 2. The molecule has 6 heteroatoms. The molecule has 2 unspecified atom stereocenters. The molecule has 2 aliphatic rings. The van der Waals surface area contributed by atoms with Crippen LogP contribution < -0.4 is 16.4 Å². The third-order valence-electron chi connectivity index (χ3n) is 4.71. The van der Waals surface area contributed by atoms with Gasteiger partial charge in [0.2, 0.25) is 5.91 Å². The number of carbonyl (C=O) groups is 2. The maximum absolute atomic E-state index is 11.9. The van der Waals surface area contributed by atoms with Crippen LogP contribution in [0.3, 0.4) is 0 Å². The number of amides is 3. The Balaban J connectivity index is 1.70. The molecule has 1 aliphatic heterocycles. The van der Waals surface area contributed by atoms with Crippen LogP contribution >= 0.6 is 0 Å². The van der Waals surface area contributed by atoms with Crippen LogP contribution in [0.25, 0.3) is 0 Å². The average Bonchev–Trinajstić information content (AvgIpc) is 2.93. The van der Waals surface area contributed by atoms with Gasteiger partial charge in [0.1, 0.15) is 0 Å². The van der Waals surface area contributed by atoms with E-state index in [1.54, 1.807) is 0 Å². The summed E-state index contributed by atoms with van der Waals surface area (Å²) in [6, 6.07) is 0.114. The Kier molecular flexibility index (Phi) is 5.99. The molecule has 1 aliphatic carbocycles. The van der Waals surface area contributed by atoms with Gasteiger partial charge >= 0.3 is 6.03 Å². The van der Waals surface area contributed by atoms with Gasteiger partial charge in [-0.15, -0.1) is 0 Å². The number of rotatable bonds is 4. The van der Waals surface area contributed by atoms with Crippen molar-refractivity contribution in [1.29, 1.82) is 0 Å². The summed E-state index contributed by atoms with van der Waals surface area (Å²) in [5.74, 6) is 0.217. The molecule has 1 saturated carbocycles. The number of piperidine rings is 1. The zero-order valence-electron chi connectivity index (χ0n) is 12.9. The van der Waals surface area contributed by atoms with Crippen LogP contribution in [0.15, 0.2) is 0 Å². The summed E-state index contributed by atoms with van der Waals surface area (Å²) in [5.41, 5.74) is 6.06. The van der Waals surface area contributed by atoms with Gasteiger partial charge in [0, 0.05) is 25.2 Å². The maximum atomic E-state index is 11.9. The van der Waals surface area contributed by atoms with E-state index in [1.165, 1.54) is 0 Å². The highest BCUT2D eigenvalue weighted by Crippen LogP contribution is 2.18. The Morgan fingerprint density at radius 1 is 1.24 bits per heavy atom. The third-order valence-corrected chi connectivity index (χ3v) is 4.71. The van der Waals surface area contributed by atoms with Gasteiger partial charge in [-0.25, -0.2) is 4.79 Å². The minimum atomic E-state index is -0.354. The van der Waals surface area contributed by atoms with Crippen molar-refractivity contribution in [2.24, 2.45) is 11.7 Å². The molecule has 0 bridgehead atoms. The Hall–Kier alpha value is -1.14. The number of hydrogen-bond acceptors (Lipinski definition) is 4. The summed E-state index contributed by atoms with van der Waals surface area (Å²) in [6.45, 7) is 4.08. The molecule has 3 amide bonds. The lowest BCUT2D eigenvalue weighted by Crippen LogP contribution is -2.51. The van der Waals surface area contributed by atoms with E-state index in [0.29, 0.717) is 5.92 Å². The van der Waals surface area contributed by atoms with Crippen molar-refractivity contribution in [1.82, 2.24) is 15.5 Å². The van der Waals surface area contributed by atoms with Crippen LogP contribution in [0.4, 0.5) is 4.79 Å². The molecule has 6 nitrogen and oxygen atoms in total. The largest absolute Gasteiger partial charge is 0.335 e. The second-order valence-electron chi connectivity index (χ2n) is 6.36. The Morgan fingerprint density at radius 2 is 1.95 bits per heavy atom. The SMILES string of the molecule is CCC1CN(CC(=O)NC(=O)NC2CCCC2)CCC1N. The third kappa shape index (κ3) is 4.97. The van der Waals surface area contributed by atoms with Crippen LogP contribution in [-0.4, -0.2) is 48.6 Å². The standard InChI is InChI=1S/C15H28N4O2/c1-2-11-9-19(8-7-13(11)16)10-14(20)18-15(21)17-12-5-3-4-6-12/h11-13H,2-10,16H2,1H3,(H2,17,18,20,21). The van der Waals surface area contributed by atoms with Crippen molar-refractivity contribution in [3.63, 3.8) is 0 Å². The van der Waals surface area contributed by atoms with E-state index in [1.807, 2.05) is 0 Å². The molecular weight excluding hydrogens is 268 g/mol. The average molecular weight is 296 g/mol. The molecule has 0 aromatic carbocycles. The predicted molar refractivity (Wildman–Crippen MR) is 81.7 cm³/mol. The zero-order chi connectivity index (χ0) is 15.2. The van der Waals surface area contributed by atoms with Crippen LogP contribution in [-0.2, 0) is 4.79 Å². The normalized spacial score (nSPS) is 27.5. The second kappa shape index (κ2) is 7.75. The van der Waals surface area contributed by atoms with E-state index in [9.17, 15) is 9.59 Å². The maximum Gasteiger partial charge on any atom is 0.321 e.